The van der Waals surface area contributed by atoms with Crippen LogP contribution < -0.4 is 5.32 Å². The van der Waals surface area contributed by atoms with E-state index in [2.05, 4.69) is 5.32 Å². The number of likely N-dealkylation sites (tertiary alicyclic amines) is 1. The van der Waals surface area contributed by atoms with Crippen molar-refractivity contribution >= 4 is 17.8 Å². The van der Waals surface area contributed by atoms with E-state index in [0.717, 1.165) is 0 Å². The Kier molecular flexibility index (Phi) is 5.14. The van der Waals surface area contributed by atoms with Gasteiger partial charge in [0.25, 0.3) is 0 Å². The second kappa shape index (κ2) is 6.24. The fourth-order valence-electron chi connectivity index (χ4n) is 2.16. The quantitative estimate of drug-likeness (QED) is 0.762. The minimum Gasteiger partial charge on any atom is -0.469 e. The van der Waals surface area contributed by atoms with Gasteiger partial charge in [0.2, 0.25) is 11.8 Å². The van der Waals surface area contributed by atoms with Crippen LogP contribution >= 0.6 is 0 Å². The molecule has 1 aliphatic heterocycles. The van der Waals surface area contributed by atoms with Crippen molar-refractivity contribution < 1.29 is 19.1 Å². The highest BCUT2D eigenvalue weighted by molar-refractivity contribution is 5.87. The number of nitrogens with zero attached hydrogens (tertiary/aromatic N) is 1. The molecule has 1 saturated heterocycles. The SMILES string of the molecule is COC(=O)C1CN(C(=O)CNC(=O)C(C)(C)C)CC1C. The van der Waals surface area contributed by atoms with E-state index in [4.69, 9.17) is 4.74 Å². The van der Waals surface area contributed by atoms with Crippen molar-refractivity contribution in [1.82, 2.24) is 10.2 Å². The molecule has 2 amide bonds. The van der Waals surface area contributed by atoms with Crippen LogP contribution in [0.25, 0.3) is 0 Å². The summed E-state index contributed by atoms with van der Waals surface area (Å²) < 4.78 is 4.73. The monoisotopic (exact) mass is 284 g/mol. The number of hydrogen-bond acceptors (Lipinski definition) is 4. The fraction of sp³-hybridized carbons (Fsp3) is 0.786. The molecule has 0 bridgehead atoms. The summed E-state index contributed by atoms with van der Waals surface area (Å²) in [5.41, 5.74) is -0.521. The highest BCUT2D eigenvalue weighted by Crippen LogP contribution is 2.24. The maximum Gasteiger partial charge on any atom is 0.310 e. The molecule has 1 rings (SSSR count). The van der Waals surface area contributed by atoms with E-state index in [0.29, 0.717) is 13.1 Å². The number of ether oxygens (including phenoxy) is 1. The number of rotatable bonds is 3. The summed E-state index contributed by atoms with van der Waals surface area (Å²) in [5.74, 6) is -0.818. The number of esters is 1. The van der Waals surface area contributed by atoms with Crippen molar-refractivity contribution in [2.75, 3.05) is 26.7 Å². The van der Waals surface area contributed by atoms with Gasteiger partial charge in [-0.1, -0.05) is 27.7 Å². The summed E-state index contributed by atoms with van der Waals surface area (Å²) in [6.45, 7) is 8.13. The Labute approximate surface area is 119 Å². The van der Waals surface area contributed by atoms with E-state index in [-0.39, 0.29) is 36.2 Å². The molecule has 114 valence electrons. The summed E-state index contributed by atoms with van der Waals surface area (Å²) in [7, 11) is 1.35. The lowest BCUT2D eigenvalue weighted by Gasteiger charge is -2.20. The predicted octanol–water partition coefficient (Wildman–Crippen LogP) is 0.416. The maximum absolute atomic E-state index is 12.0. The number of carbonyl (C=O) groups is 3. The highest BCUT2D eigenvalue weighted by Gasteiger charge is 2.37. The Morgan fingerprint density at radius 2 is 1.85 bits per heavy atom. The van der Waals surface area contributed by atoms with Crippen molar-refractivity contribution in [1.29, 1.82) is 0 Å². The van der Waals surface area contributed by atoms with Crippen LogP contribution in [-0.4, -0.2) is 49.4 Å². The predicted molar refractivity (Wildman–Crippen MR) is 73.7 cm³/mol. The summed E-state index contributed by atoms with van der Waals surface area (Å²) in [6.07, 6.45) is 0. The van der Waals surface area contributed by atoms with E-state index in [9.17, 15) is 14.4 Å². The van der Waals surface area contributed by atoms with E-state index in [1.807, 2.05) is 6.92 Å². The van der Waals surface area contributed by atoms with Gasteiger partial charge in [0.05, 0.1) is 19.6 Å². The standard InChI is InChI=1S/C14H24N2O4/c1-9-7-16(8-10(9)12(18)20-5)11(17)6-15-13(19)14(2,3)4/h9-10H,6-8H2,1-5H3,(H,15,19). The Balaban J connectivity index is 2.50. The van der Waals surface area contributed by atoms with Crippen LogP contribution in [0.1, 0.15) is 27.7 Å². The van der Waals surface area contributed by atoms with Gasteiger partial charge in [-0.2, -0.15) is 0 Å². The molecule has 1 N–H and O–H groups in total. The molecule has 1 heterocycles. The first-order chi connectivity index (χ1) is 9.16. The lowest BCUT2D eigenvalue weighted by atomic mass is 9.96. The number of hydrogen-bond donors (Lipinski definition) is 1. The Morgan fingerprint density at radius 1 is 1.25 bits per heavy atom. The van der Waals surface area contributed by atoms with Gasteiger partial charge in [0.15, 0.2) is 0 Å². The van der Waals surface area contributed by atoms with Gasteiger partial charge >= 0.3 is 5.97 Å². The molecule has 0 aromatic carbocycles. The molecule has 1 aliphatic rings. The molecule has 6 heteroatoms. The average Bonchev–Trinajstić information content (AvgIpc) is 2.75. The Hall–Kier alpha value is -1.59. The van der Waals surface area contributed by atoms with Gasteiger partial charge < -0.3 is 15.0 Å². The molecule has 0 aliphatic carbocycles. The first kappa shape index (κ1) is 16.5. The van der Waals surface area contributed by atoms with Crippen LogP contribution in [0.4, 0.5) is 0 Å². The van der Waals surface area contributed by atoms with Crippen molar-refractivity contribution in [2.24, 2.45) is 17.3 Å². The van der Waals surface area contributed by atoms with Crippen molar-refractivity contribution in [3.05, 3.63) is 0 Å². The zero-order chi connectivity index (χ0) is 15.5. The fourth-order valence-corrected chi connectivity index (χ4v) is 2.16. The van der Waals surface area contributed by atoms with E-state index < -0.39 is 5.41 Å². The summed E-state index contributed by atoms with van der Waals surface area (Å²) in [6, 6.07) is 0. The molecular weight excluding hydrogens is 260 g/mol. The van der Waals surface area contributed by atoms with Gasteiger partial charge in [0, 0.05) is 18.5 Å². The first-order valence-electron chi connectivity index (χ1n) is 6.80. The number of methoxy groups -OCH3 is 1. The van der Waals surface area contributed by atoms with E-state index >= 15 is 0 Å². The summed E-state index contributed by atoms with van der Waals surface area (Å²) >= 11 is 0. The van der Waals surface area contributed by atoms with Crippen molar-refractivity contribution in [3.8, 4) is 0 Å². The van der Waals surface area contributed by atoms with Crippen LogP contribution in [0.2, 0.25) is 0 Å². The van der Waals surface area contributed by atoms with E-state index in [1.54, 1.807) is 25.7 Å². The Bertz CT molecular complexity index is 400. The number of nitrogens with one attached hydrogen (secondary N) is 1. The largest absolute Gasteiger partial charge is 0.469 e. The van der Waals surface area contributed by atoms with Gasteiger partial charge in [-0.15, -0.1) is 0 Å². The third-order valence-corrected chi connectivity index (χ3v) is 3.55. The topological polar surface area (TPSA) is 75.7 Å². The second-order valence-corrected chi connectivity index (χ2v) is 6.34. The van der Waals surface area contributed by atoms with Crippen molar-refractivity contribution in [2.45, 2.75) is 27.7 Å². The molecule has 0 aromatic rings. The normalized spacial score (nSPS) is 22.6. The molecule has 6 nitrogen and oxygen atoms in total. The van der Waals surface area contributed by atoms with E-state index in [1.165, 1.54) is 7.11 Å². The minimum atomic E-state index is -0.521. The lowest BCUT2D eigenvalue weighted by molar-refractivity contribution is -0.146. The first-order valence-corrected chi connectivity index (χ1v) is 6.80. The summed E-state index contributed by atoms with van der Waals surface area (Å²) in [5, 5.41) is 2.63. The van der Waals surface area contributed by atoms with Gasteiger partial charge in [-0.3, -0.25) is 14.4 Å². The molecule has 2 unspecified atom stereocenters. The smallest absolute Gasteiger partial charge is 0.310 e. The zero-order valence-electron chi connectivity index (χ0n) is 12.9. The maximum atomic E-state index is 12.0. The second-order valence-electron chi connectivity index (χ2n) is 6.34. The molecule has 0 spiro atoms. The lowest BCUT2D eigenvalue weighted by Crippen LogP contribution is -2.43. The number of carbonyl (C=O) groups excluding carboxylic acids is 3. The van der Waals surface area contributed by atoms with Crippen LogP contribution in [0, 0.1) is 17.3 Å². The average molecular weight is 284 g/mol. The highest BCUT2D eigenvalue weighted by atomic mass is 16.5. The molecular formula is C14H24N2O4. The summed E-state index contributed by atoms with van der Waals surface area (Å²) in [4.78, 5) is 36.9. The number of amides is 2. The minimum absolute atomic E-state index is 0.0310. The van der Waals surface area contributed by atoms with Crippen molar-refractivity contribution in [3.63, 3.8) is 0 Å². The molecule has 2 atom stereocenters. The third kappa shape index (κ3) is 3.95. The molecule has 20 heavy (non-hydrogen) atoms. The van der Waals surface area contributed by atoms with Crippen LogP contribution in [0.15, 0.2) is 0 Å². The van der Waals surface area contributed by atoms with Crippen LogP contribution in [-0.2, 0) is 19.1 Å². The van der Waals surface area contributed by atoms with Crippen LogP contribution in [0.5, 0.6) is 0 Å². The molecule has 0 saturated carbocycles. The Morgan fingerprint density at radius 3 is 2.35 bits per heavy atom. The molecule has 0 aromatic heterocycles. The molecule has 0 radical (unpaired) electrons. The van der Waals surface area contributed by atoms with Crippen LogP contribution in [0.3, 0.4) is 0 Å². The zero-order valence-corrected chi connectivity index (χ0v) is 12.9. The third-order valence-electron chi connectivity index (χ3n) is 3.55. The van der Waals surface area contributed by atoms with Gasteiger partial charge in [0.1, 0.15) is 0 Å². The molecule has 1 fully saturated rings. The van der Waals surface area contributed by atoms with Gasteiger partial charge in [-0.25, -0.2) is 0 Å². The van der Waals surface area contributed by atoms with Gasteiger partial charge in [-0.05, 0) is 5.92 Å².